The lowest BCUT2D eigenvalue weighted by molar-refractivity contribution is 0.0322. The smallest absolute Gasteiger partial charge is 0.119 e. The molecule has 0 aliphatic carbocycles. The van der Waals surface area contributed by atoms with Gasteiger partial charge in [0.1, 0.15) is 18.1 Å². The molecular formula is C26H25NO3S. The van der Waals surface area contributed by atoms with E-state index in [1.165, 1.54) is 26.1 Å². The number of aromatic hydroxyl groups is 1. The Balaban J connectivity index is 1.39. The number of morpholine rings is 1. The van der Waals surface area contributed by atoms with E-state index in [0.29, 0.717) is 6.61 Å². The number of thiophene rings is 1. The topological polar surface area (TPSA) is 41.9 Å². The van der Waals surface area contributed by atoms with Crippen LogP contribution in [0.1, 0.15) is 0 Å². The van der Waals surface area contributed by atoms with E-state index in [-0.39, 0.29) is 5.75 Å². The monoisotopic (exact) mass is 431 g/mol. The van der Waals surface area contributed by atoms with Gasteiger partial charge in [0.15, 0.2) is 0 Å². The van der Waals surface area contributed by atoms with Crippen LogP contribution < -0.4 is 4.74 Å². The fourth-order valence-electron chi connectivity index (χ4n) is 3.98. The minimum Gasteiger partial charge on any atom is -0.508 e. The van der Waals surface area contributed by atoms with E-state index >= 15 is 0 Å². The van der Waals surface area contributed by atoms with Crippen molar-refractivity contribution in [2.45, 2.75) is 0 Å². The second-order valence-corrected chi connectivity index (χ2v) is 8.73. The number of hydrogen-bond donors (Lipinski definition) is 1. The summed E-state index contributed by atoms with van der Waals surface area (Å²) in [6, 6.07) is 24.3. The fraction of sp³-hybridized carbons (Fsp3) is 0.231. The lowest BCUT2D eigenvalue weighted by Gasteiger charge is -2.26. The van der Waals surface area contributed by atoms with Gasteiger partial charge < -0.3 is 14.6 Å². The number of ether oxygens (including phenoxy) is 2. The molecule has 5 rings (SSSR count). The van der Waals surface area contributed by atoms with Gasteiger partial charge in [-0.05, 0) is 53.6 Å². The Bertz CT molecular complexity index is 1150. The van der Waals surface area contributed by atoms with Crippen molar-refractivity contribution in [2.75, 3.05) is 39.5 Å². The molecular weight excluding hydrogens is 406 g/mol. The largest absolute Gasteiger partial charge is 0.508 e. The van der Waals surface area contributed by atoms with Crippen molar-refractivity contribution >= 4 is 21.4 Å². The lowest BCUT2D eigenvalue weighted by atomic mass is 9.99. The van der Waals surface area contributed by atoms with Crippen molar-refractivity contribution in [1.29, 1.82) is 0 Å². The molecule has 0 radical (unpaired) electrons. The molecule has 0 bridgehead atoms. The Morgan fingerprint density at radius 3 is 2.35 bits per heavy atom. The maximum Gasteiger partial charge on any atom is 0.119 e. The predicted octanol–water partition coefficient (Wildman–Crippen LogP) is 5.65. The van der Waals surface area contributed by atoms with Gasteiger partial charge in [-0.3, -0.25) is 4.90 Å². The Morgan fingerprint density at radius 2 is 1.58 bits per heavy atom. The van der Waals surface area contributed by atoms with Crippen LogP contribution >= 0.6 is 11.3 Å². The van der Waals surface area contributed by atoms with E-state index in [1.807, 2.05) is 12.1 Å². The Labute approximate surface area is 186 Å². The summed E-state index contributed by atoms with van der Waals surface area (Å²) in [6.45, 7) is 5.19. The normalized spacial score (nSPS) is 14.7. The summed E-state index contributed by atoms with van der Waals surface area (Å²) in [4.78, 5) is 3.58. The highest BCUT2D eigenvalue weighted by Gasteiger charge is 2.16. The zero-order valence-electron chi connectivity index (χ0n) is 17.3. The summed E-state index contributed by atoms with van der Waals surface area (Å²) >= 11 is 1.78. The van der Waals surface area contributed by atoms with Crippen LogP contribution in [-0.2, 0) is 4.74 Å². The number of hydrogen-bond acceptors (Lipinski definition) is 5. The lowest BCUT2D eigenvalue weighted by Crippen LogP contribution is -2.38. The van der Waals surface area contributed by atoms with Gasteiger partial charge in [0.2, 0.25) is 0 Å². The summed E-state index contributed by atoms with van der Waals surface area (Å²) in [5.41, 5.74) is 3.51. The molecule has 31 heavy (non-hydrogen) atoms. The summed E-state index contributed by atoms with van der Waals surface area (Å²) < 4.78 is 12.6. The molecule has 0 atom stereocenters. The third-order valence-corrected chi connectivity index (χ3v) is 6.87. The third kappa shape index (κ3) is 4.44. The standard InChI is InChI=1S/C26H25NO3S/c28-21-9-5-20(6-10-21)26-25(23-3-1-2-4-24(23)31-26)19-7-11-22(12-8-19)30-18-15-27-13-16-29-17-14-27/h1-12,28H,13-18H2. The number of rotatable bonds is 6. The van der Waals surface area contributed by atoms with Crippen molar-refractivity contribution in [2.24, 2.45) is 0 Å². The van der Waals surface area contributed by atoms with E-state index in [1.54, 1.807) is 23.5 Å². The quantitative estimate of drug-likeness (QED) is 0.428. The molecule has 1 aliphatic rings. The molecule has 5 heteroatoms. The van der Waals surface area contributed by atoms with Crippen LogP contribution in [0.15, 0.2) is 72.8 Å². The summed E-state index contributed by atoms with van der Waals surface area (Å²) in [6.07, 6.45) is 0. The predicted molar refractivity (Wildman–Crippen MR) is 127 cm³/mol. The molecule has 1 saturated heterocycles. The highest BCUT2D eigenvalue weighted by Crippen LogP contribution is 2.45. The van der Waals surface area contributed by atoms with Crippen molar-refractivity contribution in [3.63, 3.8) is 0 Å². The van der Waals surface area contributed by atoms with Crippen LogP contribution in [0, 0.1) is 0 Å². The van der Waals surface area contributed by atoms with E-state index < -0.39 is 0 Å². The average molecular weight is 432 g/mol. The van der Waals surface area contributed by atoms with Crippen LogP contribution in [0.2, 0.25) is 0 Å². The molecule has 1 aromatic heterocycles. The zero-order valence-corrected chi connectivity index (χ0v) is 18.1. The second-order valence-electron chi connectivity index (χ2n) is 7.68. The Morgan fingerprint density at radius 1 is 0.871 bits per heavy atom. The molecule has 3 aromatic carbocycles. The maximum atomic E-state index is 9.69. The molecule has 1 aliphatic heterocycles. The average Bonchev–Trinajstić information content (AvgIpc) is 3.20. The van der Waals surface area contributed by atoms with Gasteiger partial charge in [0.25, 0.3) is 0 Å². The van der Waals surface area contributed by atoms with Crippen LogP contribution in [0.25, 0.3) is 31.7 Å². The van der Waals surface area contributed by atoms with Crippen LogP contribution in [0.5, 0.6) is 11.5 Å². The highest BCUT2D eigenvalue weighted by molar-refractivity contribution is 7.23. The minimum absolute atomic E-state index is 0.282. The highest BCUT2D eigenvalue weighted by atomic mass is 32.1. The van der Waals surface area contributed by atoms with Gasteiger partial charge in [0, 0.05) is 40.2 Å². The first-order valence-electron chi connectivity index (χ1n) is 10.6. The van der Waals surface area contributed by atoms with Gasteiger partial charge in [-0.15, -0.1) is 11.3 Å². The maximum absolute atomic E-state index is 9.69. The molecule has 0 unspecified atom stereocenters. The molecule has 0 amide bonds. The molecule has 4 aromatic rings. The van der Waals surface area contributed by atoms with Gasteiger partial charge in [-0.25, -0.2) is 0 Å². The molecule has 158 valence electrons. The second kappa shape index (κ2) is 9.10. The molecule has 1 N–H and O–H groups in total. The summed E-state index contributed by atoms with van der Waals surface area (Å²) in [5.74, 6) is 1.17. The zero-order chi connectivity index (χ0) is 21.0. The van der Waals surface area contributed by atoms with Crippen LogP contribution in [0.3, 0.4) is 0 Å². The van der Waals surface area contributed by atoms with Gasteiger partial charge >= 0.3 is 0 Å². The first-order valence-corrected chi connectivity index (χ1v) is 11.4. The van der Waals surface area contributed by atoms with Crippen LogP contribution in [-0.4, -0.2) is 49.5 Å². The fourth-order valence-corrected chi connectivity index (χ4v) is 5.21. The summed E-state index contributed by atoms with van der Waals surface area (Å²) in [5, 5.41) is 10.9. The molecule has 4 nitrogen and oxygen atoms in total. The van der Waals surface area contributed by atoms with E-state index in [4.69, 9.17) is 9.47 Å². The van der Waals surface area contributed by atoms with Gasteiger partial charge in [-0.1, -0.05) is 30.3 Å². The Hall–Kier alpha value is -2.86. The van der Waals surface area contributed by atoms with Crippen molar-refractivity contribution in [1.82, 2.24) is 4.90 Å². The molecule has 1 fully saturated rings. The van der Waals surface area contributed by atoms with Gasteiger partial charge in [-0.2, -0.15) is 0 Å². The van der Waals surface area contributed by atoms with E-state index in [2.05, 4.69) is 53.4 Å². The number of benzene rings is 3. The molecule has 0 spiro atoms. The van der Waals surface area contributed by atoms with Crippen molar-refractivity contribution < 1.29 is 14.6 Å². The number of phenols is 1. The third-order valence-electron chi connectivity index (χ3n) is 5.65. The first kappa shape index (κ1) is 20.1. The molecule has 2 heterocycles. The van der Waals surface area contributed by atoms with Crippen molar-refractivity contribution in [3.8, 4) is 33.1 Å². The number of fused-ring (bicyclic) bond motifs is 1. The summed E-state index contributed by atoms with van der Waals surface area (Å²) in [7, 11) is 0. The minimum atomic E-state index is 0.282. The van der Waals surface area contributed by atoms with E-state index in [0.717, 1.165) is 44.2 Å². The van der Waals surface area contributed by atoms with Gasteiger partial charge in [0.05, 0.1) is 13.2 Å². The first-order chi connectivity index (χ1) is 15.3. The number of phenolic OH excluding ortho intramolecular Hbond substituents is 1. The Kier molecular flexibility index (Phi) is 5.89. The SMILES string of the molecule is Oc1ccc(-c2sc3ccccc3c2-c2ccc(OCCN3CCOCC3)cc2)cc1. The van der Waals surface area contributed by atoms with Crippen LogP contribution in [0.4, 0.5) is 0 Å². The number of nitrogens with zero attached hydrogens (tertiary/aromatic N) is 1. The van der Waals surface area contributed by atoms with E-state index in [9.17, 15) is 5.11 Å². The molecule has 0 saturated carbocycles. The van der Waals surface area contributed by atoms with Crippen molar-refractivity contribution in [3.05, 3.63) is 72.8 Å².